The third-order valence-electron chi connectivity index (χ3n) is 3.50. The van der Waals surface area contributed by atoms with Crippen LogP contribution in [-0.2, 0) is 12.8 Å². The van der Waals surface area contributed by atoms with Crippen molar-refractivity contribution in [3.8, 4) is 0 Å². The first-order valence-corrected chi connectivity index (χ1v) is 6.80. The van der Waals surface area contributed by atoms with Gasteiger partial charge in [0.15, 0.2) is 0 Å². The summed E-state index contributed by atoms with van der Waals surface area (Å²) in [7, 11) is 0. The summed E-state index contributed by atoms with van der Waals surface area (Å²) in [6.45, 7) is 0. The van der Waals surface area contributed by atoms with Gasteiger partial charge in [0.1, 0.15) is 5.82 Å². The van der Waals surface area contributed by atoms with Gasteiger partial charge in [-0.15, -0.1) is 0 Å². The van der Waals surface area contributed by atoms with Crippen LogP contribution in [0.1, 0.15) is 30.5 Å². The van der Waals surface area contributed by atoms with Crippen molar-refractivity contribution in [2.45, 2.75) is 32.1 Å². The Morgan fingerprint density at radius 3 is 2.58 bits per heavy atom. The lowest BCUT2D eigenvalue weighted by molar-refractivity contribution is 0.709. The number of benzene rings is 1. The quantitative estimate of drug-likeness (QED) is 0.808. The van der Waals surface area contributed by atoms with Gasteiger partial charge >= 0.3 is 0 Å². The molecule has 19 heavy (non-hydrogen) atoms. The maximum atomic E-state index is 6.07. The second-order valence-corrected chi connectivity index (χ2v) is 4.91. The molecule has 2 aromatic rings. The number of para-hydroxylation sites is 1. The van der Waals surface area contributed by atoms with Crippen molar-refractivity contribution >= 4 is 17.5 Å². The fraction of sp³-hybridized carbons (Fsp3) is 0.333. The predicted octanol–water partition coefficient (Wildman–Crippen LogP) is 3.07. The fourth-order valence-electron chi connectivity index (χ4n) is 2.51. The lowest BCUT2D eigenvalue weighted by atomic mass is 10.1. The Hall–Kier alpha value is -2.10. The molecule has 1 heterocycles. The Morgan fingerprint density at radius 1 is 0.947 bits per heavy atom. The number of nitrogens with one attached hydrogen (secondary N) is 1. The van der Waals surface area contributed by atoms with Gasteiger partial charge < -0.3 is 11.1 Å². The Bertz CT molecular complexity index is 566. The second-order valence-electron chi connectivity index (χ2n) is 4.91. The molecular formula is C15H18N4. The highest BCUT2D eigenvalue weighted by atomic mass is 15.1. The molecule has 1 aliphatic rings. The van der Waals surface area contributed by atoms with E-state index in [1.165, 1.54) is 19.3 Å². The summed E-state index contributed by atoms with van der Waals surface area (Å²) in [6, 6.07) is 9.93. The van der Waals surface area contributed by atoms with E-state index in [0.717, 1.165) is 29.8 Å². The molecule has 0 fully saturated rings. The summed E-state index contributed by atoms with van der Waals surface area (Å²) in [6.07, 6.45) is 5.63. The topological polar surface area (TPSA) is 63.8 Å². The van der Waals surface area contributed by atoms with Crippen molar-refractivity contribution < 1.29 is 0 Å². The molecule has 0 unspecified atom stereocenters. The first kappa shape index (κ1) is 12.0. The molecule has 3 N–H and O–H groups in total. The van der Waals surface area contributed by atoms with Gasteiger partial charge in [-0.2, -0.15) is 4.98 Å². The minimum atomic E-state index is 0.601. The van der Waals surface area contributed by atoms with Crippen molar-refractivity contribution in [1.29, 1.82) is 0 Å². The highest BCUT2D eigenvalue weighted by molar-refractivity contribution is 5.56. The first-order chi connectivity index (χ1) is 9.33. The van der Waals surface area contributed by atoms with Crippen LogP contribution in [0.5, 0.6) is 0 Å². The third kappa shape index (κ3) is 2.67. The van der Waals surface area contributed by atoms with Crippen LogP contribution in [0.25, 0.3) is 0 Å². The molecule has 4 nitrogen and oxygen atoms in total. The van der Waals surface area contributed by atoms with Crippen molar-refractivity contribution in [1.82, 2.24) is 9.97 Å². The number of aryl methyl sites for hydroxylation is 1. The van der Waals surface area contributed by atoms with Crippen molar-refractivity contribution in [2.24, 2.45) is 0 Å². The molecule has 4 heteroatoms. The molecule has 98 valence electrons. The van der Waals surface area contributed by atoms with Crippen LogP contribution >= 0.6 is 0 Å². The lowest BCUT2D eigenvalue weighted by Crippen LogP contribution is -2.08. The number of nitrogens with zero attached hydrogens (tertiary/aromatic N) is 2. The van der Waals surface area contributed by atoms with E-state index in [4.69, 9.17) is 5.73 Å². The standard InChI is InChI=1S/C15H18N4/c16-14-12-9-5-2-6-10-13(12)18-15(19-14)17-11-7-3-1-4-8-11/h1,3-4,7-8H,2,5-6,9-10H2,(H3,16,17,18,19). The molecule has 1 aromatic heterocycles. The second kappa shape index (κ2) is 5.26. The first-order valence-electron chi connectivity index (χ1n) is 6.80. The number of nitrogen functional groups attached to an aromatic ring is 1. The summed E-state index contributed by atoms with van der Waals surface area (Å²) in [4.78, 5) is 9.01. The van der Waals surface area contributed by atoms with Gasteiger partial charge in [-0.3, -0.25) is 0 Å². The SMILES string of the molecule is Nc1nc(Nc2ccccc2)nc2c1CCCCC2. The van der Waals surface area contributed by atoms with Crippen LogP contribution in [0.15, 0.2) is 30.3 Å². The maximum Gasteiger partial charge on any atom is 0.229 e. The van der Waals surface area contributed by atoms with Crippen LogP contribution in [0.3, 0.4) is 0 Å². The fourth-order valence-corrected chi connectivity index (χ4v) is 2.51. The lowest BCUT2D eigenvalue weighted by Gasteiger charge is -2.11. The normalized spacial score (nSPS) is 14.5. The van der Waals surface area contributed by atoms with Gasteiger partial charge in [0.05, 0.1) is 5.69 Å². The Labute approximate surface area is 113 Å². The number of aromatic nitrogens is 2. The van der Waals surface area contributed by atoms with Crippen LogP contribution in [0, 0.1) is 0 Å². The zero-order chi connectivity index (χ0) is 13.1. The van der Waals surface area contributed by atoms with Gasteiger partial charge in [0.25, 0.3) is 0 Å². The molecule has 0 atom stereocenters. The highest BCUT2D eigenvalue weighted by Crippen LogP contribution is 2.25. The molecule has 1 aliphatic carbocycles. The monoisotopic (exact) mass is 254 g/mol. The van der Waals surface area contributed by atoms with Gasteiger partial charge in [-0.05, 0) is 37.8 Å². The molecule has 0 saturated heterocycles. The summed E-state index contributed by atoms with van der Waals surface area (Å²) in [5, 5.41) is 3.21. The Balaban J connectivity index is 1.91. The van der Waals surface area contributed by atoms with Crippen molar-refractivity contribution in [3.63, 3.8) is 0 Å². The number of hydrogen-bond donors (Lipinski definition) is 2. The Morgan fingerprint density at radius 2 is 1.74 bits per heavy atom. The molecule has 0 spiro atoms. The van der Waals surface area contributed by atoms with Gasteiger partial charge in [-0.1, -0.05) is 24.6 Å². The Kier molecular flexibility index (Phi) is 3.31. The minimum Gasteiger partial charge on any atom is -0.383 e. The smallest absolute Gasteiger partial charge is 0.229 e. The van der Waals surface area contributed by atoms with E-state index >= 15 is 0 Å². The van der Waals surface area contributed by atoms with Crippen LogP contribution < -0.4 is 11.1 Å². The number of rotatable bonds is 2. The zero-order valence-electron chi connectivity index (χ0n) is 10.9. The predicted molar refractivity (Wildman–Crippen MR) is 77.4 cm³/mol. The zero-order valence-corrected chi connectivity index (χ0v) is 10.9. The van der Waals surface area contributed by atoms with Crippen molar-refractivity contribution in [2.75, 3.05) is 11.1 Å². The number of hydrogen-bond acceptors (Lipinski definition) is 4. The molecule has 0 bridgehead atoms. The van der Waals surface area contributed by atoms with Crippen molar-refractivity contribution in [3.05, 3.63) is 41.6 Å². The molecule has 1 aromatic carbocycles. The van der Waals surface area contributed by atoms with Crippen LogP contribution in [0.2, 0.25) is 0 Å². The molecule has 0 saturated carbocycles. The van der Waals surface area contributed by atoms with E-state index < -0.39 is 0 Å². The number of nitrogens with two attached hydrogens (primary N) is 1. The summed E-state index contributed by atoms with van der Waals surface area (Å²) >= 11 is 0. The minimum absolute atomic E-state index is 0.601. The highest BCUT2D eigenvalue weighted by Gasteiger charge is 2.14. The molecule has 0 aliphatic heterocycles. The molecular weight excluding hydrogens is 236 g/mol. The van der Waals surface area contributed by atoms with E-state index in [2.05, 4.69) is 15.3 Å². The molecule has 3 rings (SSSR count). The average Bonchev–Trinajstić information content (AvgIpc) is 2.65. The van der Waals surface area contributed by atoms with E-state index in [0.29, 0.717) is 11.8 Å². The summed E-state index contributed by atoms with van der Waals surface area (Å²) in [5.74, 6) is 1.23. The van der Waals surface area contributed by atoms with Crippen LogP contribution in [-0.4, -0.2) is 9.97 Å². The summed E-state index contributed by atoms with van der Waals surface area (Å²) < 4.78 is 0. The molecule has 0 radical (unpaired) electrons. The summed E-state index contributed by atoms with van der Waals surface area (Å²) in [5.41, 5.74) is 9.32. The van der Waals surface area contributed by atoms with E-state index in [9.17, 15) is 0 Å². The maximum absolute atomic E-state index is 6.07. The third-order valence-corrected chi connectivity index (χ3v) is 3.50. The molecule has 0 amide bonds. The van der Waals surface area contributed by atoms with E-state index in [1.807, 2.05) is 30.3 Å². The van der Waals surface area contributed by atoms with Crippen LogP contribution in [0.4, 0.5) is 17.5 Å². The largest absolute Gasteiger partial charge is 0.383 e. The average molecular weight is 254 g/mol. The van der Waals surface area contributed by atoms with Gasteiger partial charge in [0.2, 0.25) is 5.95 Å². The number of anilines is 3. The van der Waals surface area contributed by atoms with Gasteiger partial charge in [-0.25, -0.2) is 4.98 Å². The van der Waals surface area contributed by atoms with Gasteiger partial charge in [0, 0.05) is 11.3 Å². The van der Waals surface area contributed by atoms with E-state index in [-0.39, 0.29) is 0 Å². The number of fused-ring (bicyclic) bond motifs is 1. The van der Waals surface area contributed by atoms with E-state index in [1.54, 1.807) is 0 Å².